The van der Waals surface area contributed by atoms with Crippen LogP contribution in [0.5, 0.6) is 0 Å². The molecule has 1 heterocycles. The van der Waals surface area contributed by atoms with Crippen molar-refractivity contribution < 1.29 is 9.53 Å². The van der Waals surface area contributed by atoms with Gasteiger partial charge in [0, 0.05) is 19.1 Å². The smallest absolute Gasteiger partial charge is 0.410 e. The van der Waals surface area contributed by atoms with Crippen LogP contribution in [0.2, 0.25) is 0 Å². The van der Waals surface area contributed by atoms with Crippen molar-refractivity contribution in [2.45, 2.75) is 59.1 Å². The van der Waals surface area contributed by atoms with E-state index in [0.29, 0.717) is 17.9 Å². The van der Waals surface area contributed by atoms with Crippen LogP contribution in [0.3, 0.4) is 0 Å². The lowest BCUT2D eigenvalue weighted by Gasteiger charge is -2.24. The Hall–Kier alpha value is -1.73. The highest BCUT2D eigenvalue weighted by Crippen LogP contribution is 2.30. The van der Waals surface area contributed by atoms with E-state index >= 15 is 0 Å². The Morgan fingerprint density at radius 3 is 2.64 bits per heavy atom. The molecule has 2 atom stereocenters. The van der Waals surface area contributed by atoms with Crippen LogP contribution < -0.4 is 5.32 Å². The average Bonchev–Trinajstić information content (AvgIpc) is 2.89. The van der Waals surface area contributed by atoms with Gasteiger partial charge in [-0.25, -0.2) is 4.79 Å². The van der Waals surface area contributed by atoms with Gasteiger partial charge in [0.2, 0.25) is 0 Å². The molecule has 2 rings (SSSR count). The standard InChI is InChI=1S/C21H32N2O2/c1-16(2)22-12-11-18-14-23(20(24)25-21(3,4)5)15-19(18)13-17-9-7-6-8-10-17/h7,9-10,16,18-19,22H,11-15H2,1-5H3/t18?,19-/m0/s1. The number of carbonyl (C=O) groups is 1. The number of amides is 1. The van der Waals surface area contributed by atoms with E-state index in [4.69, 9.17) is 4.74 Å². The summed E-state index contributed by atoms with van der Waals surface area (Å²) in [5.74, 6) is 0.945. The molecule has 138 valence electrons. The van der Waals surface area contributed by atoms with Crippen molar-refractivity contribution >= 4 is 6.09 Å². The largest absolute Gasteiger partial charge is 0.444 e. The van der Waals surface area contributed by atoms with Gasteiger partial charge in [0.05, 0.1) is 0 Å². The van der Waals surface area contributed by atoms with Crippen LogP contribution in [0.25, 0.3) is 0 Å². The fraction of sp³-hybridized carbons (Fsp3) is 0.667. The van der Waals surface area contributed by atoms with Crippen molar-refractivity contribution in [2.24, 2.45) is 11.8 Å². The zero-order valence-electron chi connectivity index (χ0n) is 16.3. The van der Waals surface area contributed by atoms with E-state index in [0.717, 1.165) is 32.5 Å². The molecule has 1 fully saturated rings. The molecular formula is C21H32N2O2. The van der Waals surface area contributed by atoms with Crippen LogP contribution in [0.15, 0.2) is 18.2 Å². The second-order valence-electron chi connectivity index (χ2n) is 8.35. The van der Waals surface area contributed by atoms with Crippen molar-refractivity contribution in [3.8, 4) is 0 Å². The lowest BCUT2D eigenvalue weighted by molar-refractivity contribution is 0.0283. The Morgan fingerprint density at radius 1 is 1.32 bits per heavy atom. The Labute approximate surface area is 152 Å². The summed E-state index contributed by atoms with van der Waals surface area (Å²) >= 11 is 0. The Bertz CT molecular complexity index is 537. The van der Waals surface area contributed by atoms with E-state index in [1.165, 1.54) is 5.56 Å². The van der Waals surface area contributed by atoms with E-state index in [2.05, 4.69) is 37.4 Å². The van der Waals surface area contributed by atoms with Gasteiger partial charge in [-0.05, 0) is 75.8 Å². The van der Waals surface area contributed by atoms with Crippen molar-refractivity contribution in [3.05, 3.63) is 35.9 Å². The summed E-state index contributed by atoms with van der Waals surface area (Å²) in [6.07, 6.45) is 1.85. The molecule has 1 amide bonds. The highest BCUT2D eigenvalue weighted by atomic mass is 16.6. The lowest BCUT2D eigenvalue weighted by atomic mass is 9.87. The first-order valence-corrected chi connectivity index (χ1v) is 9.32. The highest BCUT2D eigenvalue weighted by Gasteiger charge is 2.36. The Balaban J connectivity index is 2.00. The molecule has 1 saturated heterocycles. The van der Waals surface area contributed by atoms with Crippen LogP contribution >= 0.6 is 0 Å². The molecule has 0 saturated carbocycles. The van der Waals surface area contributed by atoms with Gasteiger partial charge in [-0.15, -0.1) is 0 Å². The van der Waals surface area contributed by atoms with Crippen LogP contribution in [-0.2, 0) is 11.2 Å². The van der Waals surface area contributed by atoms with Crippen molar-refractivity contribution in [3.63, 3.8) is 0 Å². The fourth-order valence-electron chi connectivity index (χ4n) is 3.34. The van der Waals surface area contributed by atoms with E-state index in [9.17, 15) is 4.79 Å². The van der Waals surface area contributed by atoms with Gasteiger partial charge in [0.1, 0.15) is 5.60 Å². The predicted molar refractivity (Wildman–Crippen MR) is 100 cm³/mol. The van der Waals surface area contributed by atoms with Crippen LogP contribution in [0, 0.1) is 24.0 Å². The van der Waals surface area contributed by atoms with E-state index in [1.54, 1.807) is 0 Å². The highest BCUT2D eigenvalue weighted by molar-refractivity contribution is 5.68. The number of rotatable bonds is 6. The summed E-state index contributed by atoms with van der Waals surface area (Å²) in [7, 11) is 0. The van der Waals surface area contributed by atoms with E-state index < -0.39 is 5.60 Å². The van der Waals surface area contributed by atoms with E-state index in [1.807, 2.05) is 37.8 Å². The Kier molecular flexibility index (Phi) is 6.72. The second-order valence-corrected chi connectivity index (χ2v) is 8.35. The molecule has 0 spiro atoms. The Morgan fingerprint density at radius 2 is 2.04 bits per heavy atom. The molecule has 4 heteroatoms. The number of nitrogens with zero attached hydrogens (tertiary/aromatic N) is 1. The molecule has 1 aliphatic heterocycles. The summed E-state index contributed by atoms with van der Waals surface area (Å²) in [6.45, 7) is 12.6. The van der Waals surface area contributed by atoms with Crippen molar-refractivity contribution in [1.82, 2.24) is 10.2 Å². The first-order valence-electron chi connectivity index (χ1n) is 9.32. The van der Waals surface area contributed by atoms with E-state index in [-0.39, 0.29) is 6.09 Å². The number of carbonyl (C=O) groups excluding carboxylic acids is 1. The van der Waals surface area contributed by atoms with Crippen molar-refractivity contribution in [2.75, 3.05) is 19.6 Å². The fourth-order valence-corrected chi connectivity index (χ4v) is 3.34. The van der Waals surface area contributed by atoms with Gasteiger partial charge in [-0.3, -0.25) is 0 Å². The summed E-state index contributed by atoms with van der Waals surface area (Å²) in [5.41, 5.74) is 0.810. The molecule has 0 aliphatic carbocycles. The van der Waals surface area contributed by atoms with Gasteiger partial charge in [-0.1, -0.05) is 26.0 Å². The quantitative estimate of drug-likeness (QED) is 0.855. The monoisotopic (exact) mass is 344 g/mol. The molecular weight excluding hydrogens is 312 g/mol. The maximum absolute atomic E-state index is 12.5. The zero-order valence-corrected chi connectivity index (χ0v) is 16.3. The molecule has 1 aliphatic rings. The third-order valence-electron chi connectivity index (χ3n) is 4.52. The lowest BCUT2D eigenvalue weighted by Crippen LogP contribution is -2.35. The van der Waals surface area contributed by atoms with Crippen LogP contribution in [0.4, 0.5) is 4.79 Å². The molecule has 4 nitrogen and oxygen atoms in total. The first kappa shape index (κ1) is 19.6. The number of hydrogen-bond acceptors (Lipinski definition) is 3. The third kappa shape index (κ3) is 6.59. The number of nitrogens with one attached hydrogen (secondary N) is 1. The molecule has 0 bridgehead atoms. The molecule has 1 unspecified atom stereocenters. The second kappa shape index (κ2) is 8.58. The van der Waals surface area contributed by atoms with Gasteiger partial charge < -0.3 is 15.0 Å². The van der Waals surface area contributed by atoms with Crippen LogP contribution in [0.1, 0.15) is 46.6 Å². The minimum atomic E-state index is -0.450. The molecule has 0 aromatic heterocycles. The molecule has 1 N–H and O–H groups in total. The minimum absolute atomic E-state index is 0.190. The SMILES string of the molecule is CC(C)NCCC1CN(C(=O)OC(C)(C)C)C[C@@H]1Cc1cc#ccc1. The number of hydrogen-bond donors (Lipinski definition) is 1. The van der Waals surface area contributed by atoms with Crippen LogP contribution in [-0.4, -0.2) is 42.3 Å². The zero-order chi connectivity index (χ0) is 18.4. The minimum Gasteiger partial charge on any atom is -0.444 e. The van der Waals surface area contributed by atoms with Gasteiger partial charge >= 0.3 is 6.09 Å². The van der Waals surface area contributed by atoms with Gasteiger partial charge in [0.25, 0.3) is 0 Å². The third-order valence-corrected chi connectivity index (χ3v) is 4.52. The molecule has 25 heavy (non-hydrogen) atoms. The molecule has 1 aromatic rings. The molecule has 0 radical (unpaired) electrons. The number of ether oxygens (including phenoxy) is 1. The summed E-state index contributed by atoms with van der Waals surface area (Å²) in [6, 6.07) is 12.5. The first-order chi connectivity index (χ1) is 11.7. The van der Waals surface area contributed by atoms with Gasteiger partial charge in [0.15, 0.2) is 0 Å². The maximum atomic E-state index is 12.5. The van der Waals surface area contributed by atoms with Gasteiger partial charge in [-0.2, -0.15) is 0 Å². The normalized spacial score (nSPS) is 20.6. The average molecular weight is 344 g/mol. The predicted octanol–water partition coefficient (Wildman–Crippen LogP) is 3.70. The molecule has 1 aromatic carbocycles. The van der Waals surface area contributed by atoms with Crippen molar-refractivity contribution in [1.29, 1.82) is 0 Å². The number of likely N-dealkylation sites (tertiary alicyclic amines) is 1. The summed E-state index contributed by atoms with van der Waals surface area (Å²) in [5, 5.41) is 3.49. The maximum Gasteiger partial charge on any atom is 0.410 e. The summed E-state index contributed by atoms with van der Waals surface area (Å²) < 4.78 is 5.57. The topological polar surface area (TPSA) is 41.6 Å². The summed E-state index contributed by atoms with van der Waals surface area (Å²) in [4.78, 5) is 14.3.